The quantitative estimate of drug-likeness (QED) is 0.495. The van der Waals surface area contributed by atoms with Crippen molar-refractivity contribution in [3.63, 3.8) is 0 Å². The average molecular weight is 314 g/mol. The van der Waals surface area contributed by atoms with E-state index in [-0.39, 0.29) is 18.3 Å². The molecule has 0 aliphatic carbocycles. The highest BCUT2D eigenvalue weighted by Crippen LogP contribution is 2.30. The molecule has 1 saturated heterocycles. The minimum Gasteiger partial charge on any atom is -0.474 e. The molecule has 1 aromatic rings. The van der Waals surface area contributed by atoms with E-state index < -0.39 is 0 Å². The highest BCUT2D eigenvalue weighted by molar-refractivity contribution is 5.95. The molecule has 0 spiro atoms. The monoisotopic (exact) mass is 314 g/mol. The van der Waals surface area contributed by atoms with Gasteiger partial charge in [0.15, 0.2) is 12.4 Å². The number of anilines is 3. The Kier molecular flexibility index (Phi) is 5.87. The Bertz CT molecular complexity index is 628. The van der Waals surface area contributed by atoms with E-state index >= 15 is 0 Å². The lowest BCUT2D eigenvalue weighted by Gasteiger charge is -2.30. The SMILES string of the molecule is C/C=C(/C#N)OCC(=O)Nc1ccc(N)cc1N1CCCCC1. The van der Waals surface area contributed by atoms with Crippen LogP contribution in [0.5, 0.6) is 0 Å². The molecule has 0 saturated carbocycles. The van der Waals surface area contributed by atoms with Crippen LogP contribution in [0, 0.1) is 11.3 Å². The zero-order valence-electron chi connectivity index (χ0n) is 13.3. The van der Waals surface area contributed by atoms with Crippen LogP contribution in [0.25, 0.3) is 0 Å². The largest absolute Gasteiger partial charge is 0.474 e. The van der Waals surface area contributed by atoms with Crippen LogP contribution in [-0.2, 0) is 9.53 Å². The summed E-state index contributed by atoms with van der Waals surface area (Å²) in [5, 5.41) is 11.6. The number of nitrogens with two attached hydrogens (primary N) is 1. The summed E-state index contributed by atoms with van der Waals surface area (Å²) in [6, 6.07) is 7.32. The first-order valence-corrected chi connectivity index (χ1v) is 7.77. The number of nitrogen functional groups attached to an aromatic ring is 1. The number of benzene rings is 1. The van der Waals surface area contributed by atoms with Crippen LogP contribution in [0.15, 0.2) is 30.0 Å². The number of amides is 1. The molecule has 2 rings (SSSR count). The van der Waals surface area contributed by atoms with Gasteiger partial charge in [0, 0.05) is 18.8 Å². The molecule has 23 heavy (non-hydrogen) atoms. The number of piperidine rings is 1. The summed E-state index contributed by atoms with van der Waals surface area (Å²) in [5.41, 5.74) is 8.21. The fourth-order valence-electron chi connectivity index (χ4n) is 2.56. The predicted octanol–water partition coefficient (Wildman–Crippen LogP) is 2.64. The van der Waals surface area contributed by atoms with Gasteiger partial charge < -0.3 is 20.7 Å². The van der Waals surface area contributed by atoms with Gasteiger partial charge >= 0.3 is 0 Å². The number of rotatable bonds is 5. The van der Waals surface area contributed by atoms with E-state index in [4.69, 9.17) is 15.7 Å². The summed E-state index contributed by atoms with van der Waals surface area (Å²) in [6.45, 7) is 3.40. The van der Waals surface area contributed by atoms with Crippen LogP contribution >= 0.6 is 0 Å². The van der Waals surface area contributed by atoms with Gasteiger partial charge in [-0.15, -0.1) is 0 Å². The minimum atomic E-state index is -0.303. The summed E-state index contributed by atoms with van der Waals surface area (Å²) in [6.07, 6.45) is 5.03. The number of hydrogen-bond acceptors (Lipinski definition) is 5. The molecular weight excluding hydrogens is 292 g/mol. The Labute approximate surface area is 136 Å². The fraction of sp³-hybridized carbons (Fsp3) is 0.412. The molecular formula is C17H22N4O2. The lowest BCUT2D eigenvalue weighted by atomic mass is 10.1. The number of nitrogens with zero attached hydrogens (tertiary/aromatic N) is 2. The maximum absolute atomic E-state index is 12.0. The Hall–Kier alpha value is -2.68. The highest BCUT2D eigenvalue weighted by atomic mass is 16.5. The third-order valence-corrected chi connectivity index (χ3v) is 3.72. The molecule has 1 aliphatic rings. The van der Waals surface area contributed by atoms with Crippen molar-refractivity contribution in [1.29, 1.82) is 5.26 Å². The molecule has 0 bridgehead atoms. The number of carbonyl (C=O) groups excluding carboxylic acids is 1. The molecule has 0 aromatic heterocycles. The van der Waals surface area contributed by atoms with Crippen molar-refractivity contribution in [1.82, 2.24) is 0 Å². The molecule has 0 radical (unpaired) electrons. The molecule has 6 nitrogen and oxygen atoms in total. The average Bonchev–Trinajstić information content (AvgIpc) is 2.58. The smallest absolute Gasteiger partial charge is 0.262 e. The maximum atomic E-state index is 12.0. The summed E-state index contributed by atoms with van der Waals surface area (Å²) >= 11 is 0. The summed E-state index contributed by atoms with van der Waals surface area (Å²) in [4.78, 5) is 14.3. The Morgan fingerprint density at radius 3 is 2.83 bits per heavy atom. The molecule has 0 unspecified atom stereocenters. The molecule has 1 aromatic carbocycles. The number of nitrogens with one attached hydrogen (secondary N) is 1. The molecule has 1 amide bonds. The molecule has 122 valence electrons. The lowest BCUT2D eigenvalue weighted by molar-refractivity contribution is -0.119. The summed E-state index contributed by atoms with van der Waals surface area (Å²) in [5.74, 6) is -0.170. The van der Waals surface area contributed by atoms with Crippen LogP contribution < -0.4 is 16.0 Å². The van der Waals surface area contributed by atoms with E-state index in [9.17, 15) is 4.79 Å². The van der Waals surface area contributed by atoms with Crippen molar-refractivity contribution in [3.05, 3.63) is 30.0 Å². The van der Waals surface area contributed by atoms with Crippen LogP contribution in [0.3, 0.4) is 0 Å². The van der Waals surface area contributed by atoms with Crippen LogP contribution in [0.2, 0.25) is 0 Å². The van der Waals surface area contributed by atoms with Gasteiger partial charge in [-0.2, -0.15) is 5.26 Å². The predicted molar refractivity (Wildman–Crippen MR) is 90.9 cm³/mol. The molecule has 3 N–H and O–H groups in total. The van der Waals surface area contributed by atoms with E-state index in [1.54, 1.807) is 19.1 Å². The second-order valence-corrected chi connectivity index (χ2v) is 5.43. The maximum Gasteiger partial charge on any atom is 0.262 e. The Morgan fingerprint density at radius 1 is 1.43 bits per heavy atom. The van der Waals surface area contributed by atoms with Crippen molar-refractivity contribution in [3.8, 4) is 6.07 Å². The zero-order valence-corrected chi connectivity index (χ0v) is 13.3. The van der Waals surface area contributed by atoms with Gasteiger partial charge in [0.05, 0.1) is 11.4 Å². The van der Waals surface area contributed by atoms with Gasteiger partial charge in [0.25, 0.3) is 5.91 Å². The van der Waals surface area contributed by atoms with Gasteiger partial charge in [0.2, 0.25) is 0 Å². The van der Waals surface area contributed by atoms with Crippen molar-refractivity contribution in [2.45, 2.75) is 26.2 Å². The third-order valence-electron chi connectivity index (χ3n) is 3.72. The first-order chi connectivity index (χ1) is 11.1. The molecule has 1 fully saturated rings. The van der Waals surface area contributed by atoms with E-state index in [0.29, 0.717) is 11.4 Å². The van der Waals surface area contributed by atoms with E-state index in [1.807, 2.05) is 12.1 Å². The van der Waals surface area contributed by atoms with E-state index in [1.165, 1.54) is 12.5 Å². The second-order valence-electron chi connectivity index (χ2n) is 5.43. The zero-order chi connectivity index (χ0) is 16.7. The van der Waals surface area contributed by atoms with Crippen molar-refractivity contribution in [2.75, 3.05) is 35.6 Å². The fourth-order valence-corrected chi connectivity index (χ4v) is 2.56. The summed E-state index contributed by atoms with van der Waals surface area (Å²) < 4.78 is 5.13. The minimum absolute atomic E-state index is 0.133. The number of ether oxygens (including phenoxy) is 1. The van der Waals surface area contributed by atoms with Crippen molar-refractivity contribution in [2.24, 2.45) is 0 Å². The molecule has 0 atom stereocenters. The van der Waals surface area contributed by atoms with Crippen molar-refractivity contribution < 1.29 is 9.53 Å². The molecule has 6 heteroatoms. The molecule has 1 aliphatic heterocycles. The topological polar surface area (TPSA) is 91.4 Å². The van der Waals surface area contributed by atoms with Gasteiger partial charge in [-0.3, -0.25) is 4.79 Å². The Morgan fingerprint density at radius 2 is 2.17 bits per heavy atom. The Balaban J connectivity index is 2.07. The normalized spacial score (nSPS) is 15.0. The van der Waals surface area contributed by atoms with Crippen LogP contribution in [0.1, 0.15) is 26.2 Å². The van der Waals surface area contributed by atoms with Gasteiger partial charge in [-0.05, 0) is 50.5 Å². The van der Waals surface area contributed by atoms with Gasteiger partial charge in [-0.25, -0.2) is 0 Å². The van der Waals surface area contributed by atoms with Gasteiger partial charge in [0.1, 0.15) is 6.07 Å². The number of allylic oxidation sites excluding steroid dienone is 2. The van der Waals surface area contributed by atoms with E-state index in [2.05, 4.69) is 10.2 Å². The van der Waals surface area contributed by atoms with Crippen molar-refractivity contribution >= 4 is 23.0 Å². The number of carbonyl (C=O) groups is 1. The first kappa shape index (κ1) is 16.7. The van der Waals surface area contributed by atoms with Gasteiger partial charge in [-0.1, -0.05) is 0 Å². The molecule has 1 heterocycles. The summed E-state index contributed by atoms with van der Waals surface area (Å²) in [7, 11) is 0. The number of hydrogen-bond donors (Lipinski definition) is 2. The van der Waals surface area contributed by atoms with Crippen LogP contribution in [-0.4, -0.2) is 25.6 Å². The second kappa shape index (κ2) is 8.08. The van der Waals surface area contributed by atoms with E-state index in [0.717, 1.165) is 31.6 Å². The highest BCUT2D eigenvalue weighted by Gasteiger charge is 2.16. The third kappa shape index (κ3) is 4.65. The lowest BCUT2D eigenvalue weighted by Crippen LogP contribution is -2.30. The standard InChI is InChI=1S/C17H22N4O2/c1-2-14(11-18)23-12-17(22)20-15-7-6-13(19)10-16(15)21-8-4-3-5-9-21/h2,6-7,10H,3-5,8-9,12,19H2,1H3,(H,20,22)/b14-2-. The number of nitriles is 1. The van der Waals surface area contributed by atoms with Crippen LogP contribution in [0.4, 0.5) is 17.1 Å². The first-order valence-electron chi connectivity index (χ1n) is 7.77.